The molecule has 16 heavy (non-hydrogen) atoms. The second-order valence-electron chi connectivity index (χ2n) is 3.93. The predicted octanol–water partition coefficient (Wildman–Crippen LogP) is 2.54. The number of ether oxygens (including phenoxy) is 1. The summed E-state index contributed by atoms with van der Waals surface area (Å²) in [7, 11) is 0. The van der Waals surface area contributed by atoms with Gasteiger partial charge in [0.05, 0.1) is 18.8 Å². The Morgan fingerprint density at radius 1 is 1.44 bits per heavy atom. The van der Waals surface area contributed by atoms with Crippen LogP contribution in [0.2, 0.25) is 5.02 Å². The van der Waals surface area contributed by atoms with Gasteiger partial charge in [0.1, 0.15) is 0 Å². The van der Waals surface area contributed by atoms with Crippen LogP contribution >= 0.6 is 11.6 Å². The van der Waals surface area contributed by atoms with Gasteiger partial charge in [-0.25, -0.2) is 0 Å². The highest BCUT2D eigenvalue weighted by atomic mass is 35.5. The zero-order valence-electron chi connectivity index (χ0n) is 9.61. The van der Waals surface area contributed by atoms with E-state index in [-0.39, 0.29) is 6.10 Å². The minimum Gasteiger partial charge on any atom is -0.389 e. The van der Waals surface area contributed by atoms with Crippen LogP contribution in [-0.2, 0) is 4.74 Å². The van der Waals surface area contributed by atoms with Crippen LogP contribution in [0.3, 0.4) is 0 Å². The Morgan fingerprint density at radius 2 is 2.19 bits per heavy atom. The number of aliphatic hydroxyl groups is 1. The monoisotopic (exact) mass is 243 g/mol. The van der Waals surface area contributed by atoms with E-state index in [2.05, 4.69) is 5.32 Å². The van der Waals surface area contributed by atoms with Crippen molar-refractivity contribution in [3.63, 3.8) is 0 Å². The molecule has 0 heterocycles. The van der Waals surface area contributed by atoms with E-state index in [0.29, 0.717) is 18.2 Å². The van der Waals surface area contributed by atoms with Gasteiger partial charge in [0.2, 0.25) is 0 Å². The minimum absolute atomic E-state index is 0.140. The van der Waals surface area contributed by atoms with Crippen LogP contribution in [0.1, 0.15) is 13.8 Å². The molecule has 0 radical (unpaired) electrons. The van der Waals surface area contributed by atoms with Crippen LogP contribution < -0.4 is 5.32 Å². The Hall–Kier alpha value is -0.770. The molecule has 1 rings (SSSR count). The number of hydrogen-bond donors (Lipinski definition) is 2. The first-order chi connectivity index (χ1) is 7.58. The normalized spacial score (nSPS) is 12.8. The van der Waals surface area contributed by atoms with Crippen molar-refractivity contribution in [3.05, 3.63) is 29.3 Å². The molecule has 0 saturated heterocycles. The van der Waals surface area contributed by atoms with Crippen molar-refractivity contribution in [1.29, 1.82) is 0 Å². The van der Waals surface area contributed by atoms with Gasteiger partial charge in [-0.2, -0.15) is 0 Å². The summed E-state index contributed by atoms with van der Waals surface area (Å²) in [5, 5.41) is 13.4. The number of hydrogen-bond acceptors (Lipinski definition) is 3. The number of benzene rings is 1. The predicted molar refractivity (Wildman–Crippen MR) is 67.0 cm³/mol. The van der Waals surface area contributed by atoms with Crippen LogP contribution in [0.15, 0.2) is 24.3 Å². The summed E-state index contributed by atoms with van der Waals surface area (Å²) in [5.41, 5.74) is 0.899. The third-order valence-corrected chi connectivity index (χ3v) is 2.22. The van der Waals surface area contributed by atoms with Crippen molar-refractivity contribution >= 4 is 17.3 Å². The number of anilines is 1. The lowest BCUT2D eigenvalue weighted by molar-refractivity contribution is 0.0112. The molecule has 1 atom stereocenters. The van der Waals surface area contributed by atoms with Crippen molar-refractivity contribution in [2.75, 3.05) is 18.5 Å². The summed E-state index contributed by atoms with van der Waals surface area (Å²) in [6.45, 7) is 4.67. The summed E-state index contributed by atoms with van der Waals surface area (Å²) in [6, 6.07) is 7.40. The Labute approximate surface area is 101 Å². The second-order valence-corrected chi connectivity index (χ2v) is 4.36. The van der Waals surface area contributed by atoms with Gasteiger partial charge < -0.3 is 15.2 Å². The fraction of sp³-hybridized carbons (Fsp3) is 0.500. The standard InChI is InChI=1S/C12H18ClNO2/c1-9(2)16-8-12(15)7-14-11-5-3-4-10(13)6-11/h3-6,9,12,14-15H,7-8H2,1-2H3. The highest BCUT2D eigenvalue weighted by Gasteiger charge is 2.05. The first kappa shape index (κ1) is 13.3. The van der Waals surface area contributed by atoms with Crippen molar-refractivity contribution in [3.8, 4) is 0 Å². The molecular formula is C12H18ClNO2. The molecule has 1 aromatic carbocycles. The lowest BCUT2D eigenvalue weighted by Crippen LogP contribution is -2.26. The van der Waals surface area contributed by atoms with Gasteiger partial charge in [-0.15, -0.1) is 0 Å². The maximum Gasteiger partial charge on any atom is 0.0945 e. The van der Waals surface area contributed by atoms with Crippen molar-refractivity contribution in [2.45, 2.75) is 26.1 Å². The van der Waals surface area contributed by atoms with E-state index in [4.69, 9.17) is 16.3 Å². The van der Waals surface area contributed by atoms with Gasteiger partial charge in [-0.05, 0) is 32.0 Å². The molecule has 0 spiro atoms. The topological polar surface area (TPSA) is 41.5 Å². The molecule has 90 valence electrons. The van der Waals surface area contributed by atoms with Gasteiger partial charge in [-0.3, -0.25) is 0 Å². The van der Waals surface area contributed by atoms with Gasteiger partial charge in [0.15, 0.2) is 0 Å². The Balaban J connectivity index is 2.28. The molecule has 0 saturated carbocycles. The molecule has 0 aliphatic rings. The quantitative estimate of drug-likeness (QED) is 0.807. The first-order valence-corrected chi connectivity index (χ1v) is 5.75. The van der Waals surface area contributed by atoms with Gasteiger partial charge in [0.25, 0.3) is 0 Å². The zero-order valence-corrected chi connectivity index (χ0v) is 10.4. The van der Waals surface area contributed by atoms with Gasteiger partial charge in [-0.1, -0.05) is 17.7 Å². The van der Waals surface area contributed by atoms with E-state index in [1.807, 2.05) is 38.1 Å². The summed E-state index contributed by atoms with van der Waals surface area (Å²) >= 11 is 5.84. The SMILES string of the molecule is CC(C)OCC(O)CNc1cccc(Cl)c1. The Kier molecular flexibility index (Phi) is 5.60. The molecule has 0 aromatic heterocycles. The van der Waals surface area contributed by atoms with Crippen LogP contribution in [0.4, 0.5) is 5.69 Å². The van der Waals surface area contributed by atoms with Crippen molar-refractivity contribution in [1.82, 2.24) is 0 Å². The fourth-order valence-corrected chi connectivity index (χ4v) is 1.39. The van der Waals surface area contributed by atoms with Gasteiger partial charge >= 0.3 is 0 Å². The molecule has 0 amide bonds. The highest BCUT2D eigenvalue weighted by molar-refractivity contribution is 6.30. The largest absolute Gasteiger partial charge is 0.389 e. The maximum atomic E-state index is 9.61. The van der Waals surface area contributed by atoms with Crippen molar-refractivity contribution < 1.29 is 9.84 Å². The summed E-state index contributed by atoms with van der Waals surface area (Å²) in [5.74, 6) is 0. The lowest BCUT2D eigenvalue weighted by Gasteiger charge is -2.14. The lowest BCUT2D eigenvalue weighted by atomic mass is 10.3. The average molecular weight is 244 g/mol. The summed E-state index contributed by atoms with van der Waals surface area (Å²) < 4.78 is 5.30. The molecule has 0 aliphatic carbocycles. The fourth-order valence-electron chi connectivity index (χ4n) is 1.20. The summed E-state index contributed by atoms with van der Waals surface area (Å²) in [4.78, 5) is 0. The Bertz CT molecular complexity index is 318. The second kappa shape index (κ2) is 6.74. The summed E-state index contributed by atoms with van der Waals surface area (Å²) in [6.07, 6.45) is -0.373. The zero-order chi connectivity index (χ0) is 12.0. The third-order valence-electron chi connectivity index (χ3n) is 1.99. The Morgan fingerprint density at radius 3 is 2.81 bits per heavy atom. The molecule has 0 bridgehead atoms. The number of aliphatic hydroxyl groups excluding tert-OH is 1. The smallest absolute Gasteiger partial charge is 0.0945 e. The molecule has 0 fully saturated rings. The third kappa shape index (κ3) is 5.35. The molecule has 4 heteroatoms. The molecule has 1 aromatic rings. The van der Waals surface area contributed by atoms with E-state index < -0.39 is 6.10 Å². The minimum atomic E-state index is -0.513. The molecule has 1 unspecified atom stereocenters. The molecular weight excluding hydrogens is 226 g/mol. The number of nitrogens with one attached hydrogen (secondary N) is 1. The van der Waals surface area contributed by atoms with Crippen LogP contribution in [0.25, 0.3) is 0 Å². The number of rotatable bonds is 6. The maximum absolute atomic E-state index is 9.61. The van der Waals surface area contributed by atoms with Crippen molar-refractivity contribution in [2.24, 2.45) is 0 Å². The molecule has 0 aliphatic heterocycles. The number of halogens is 1. The van der Waals surface area contributed by atoms with Crippen LogP contribution in [0, 0.1) is 0 Å². The molecule has 2 N–H and O–H groups in total. The van der Waals surface area contributed by atoms with E-state index in [1.54, 1.807) is 0 Å². The van der Waals surface area contributed by atoms with E-state index in [1.165, 1.54) is 0 Å². The first-order valence-electron chi connectivity index (χ1n) is 5.37. The molecule has 3 nitrogen and oxygen atoms in total. The highest BCUT2D eigenvalue weighted by Crippen LogP contribution is 2.14. The van der Waals surface area contributed by atoms with E-state index in [9.17, 15) is 5.11 Å². The average Bonchev–Trinajstić information content (AvgIpc) is 2.23. The van der Waals surface area contributed by atoms with E-state index in [0.717, 1.165) is 5.69 Å². The van der Waals surface area contributed by atoms with Crippen LogP contribution in [0.5, 0.6) is 0 Å². The van der Waals surface area contributed by atoms with E-state index >= 15 is 0 Å². The van der Waals surface area contributed by atoms with Gasteiger partial charge in [0, 0.05) is 17.3 Å². The van der Waals surface area contributed by atoms with Crippen LogP contribution in [-0.4, -0.2) is 30.5 Å².